The van der Waals surface area contributed by atoms with Crippen LogP contribution in [0.4, 0.5) is 0 Å². The Morgan fingerprint density at radius 2 is 1.81 bits per heavy atom. The number of aromatic hydroxyl groups is 1. The summed E-state index contributed by atoms with van der Waals surface area (Å²) in [7, 11) is 0. The van der Waals surface area contributed by atoms with Crippen molar-refractivity contribution >= 4 is 0 Å². The van der Waals surface area contributed by atoms with Gasteiger partial charge in [0.15, 0.2) is 0 Å². The molecule has 2 N–H and O–H groups in total. The molecule has 1 aliphatic rings. The smallest absolute Gasteiger partial charge is 0.124 e. The number of allylic oxidation sites excluding steroid dienone is 1. The number of fused-ring (bicyclic) bond motifs is 1. The molecule has 0 amide bonds. The molecule has 1 atom stereocenters. The molecular formula is C23H36O3. The number of ether oxygens (including phenoxy) is 1. The zero-order valence-corrected chi connectivity index (χ0v) is 17.8. The average molecular weight is 361 g/mol. The lowest BCUT2D eigenvalue weighted by Gasteiger charge is -2.29. The third kappa shape index (κ3) is 4.25. The quantitative estimate of drug-likeness (QED) is 0.707. The Labute approximate surface area is 159 Å². The monoisotopic (exact) mass is 360 g/mol. The summed E-state index contributed by atoms with van der Waals surface area (Å²) in [6.07, 6.45) is 4.65. The Bertz CT molecular complexity index is 702. The van der Waals surface area contributed by atoms with Gasteiger partial charge in [-0.25, -0.2) is 0 Å². The molecule has 1 aromatic carbocycles. The standard InChI is InChI=1S/C23H36O3/c1-15(14-24)10-9-11-23(8)13-16-18(26-23)12-17(21(2,3)4)20(25)19(16)22(5,6)7/h10,12,24-25H,9,11,13-14H2,1-8H3/b15-10+. The number of aliphatic hydroxyl groups is 1. The maximum atomic E-state index is 11.1. The molecule has 3 nitrogen and oxygen atoms in total. The molecule has 1 heterocycles. The molecule has 0 spiro atoms. The summed E-state index contributed by atoms with van der Waals surface area (Å²) >= 11 is 0. The third-order valence-electron chi connectivity index (χ3n) is 5.25. The average Bonchev–Trinajstić information content (AvgIpc) is 2.79. The molecule has 3 heteroatoms. The first kappa shape index (κ1) is 20.8. The van der Waals surface area contributed by atoms with Crippen LogP contribution in [0.2, 0.25) is 0 Å². The van der Waals surface area contributed by atoms with Crippen LogP contribution in [0, 0.1) is 0 Å². The minimum atomic E-state index is -0.280. The summed E-state index contributed by atoms with van der Waals surface area (Å²) in [4.78, 5) is 0. The lowest BCUT2D eigenvalue weighted by molar-refractivity contribution is 0.106. The molecule has 2 rings (SSSR count). The molecule has 1 unspecified atom stereocenters. The van der Waals surface area contributed by atoms with Crippen LogP contribution in [0.5, 0.6) is 11.5 Å². The molecule has 1 aliphatic heterocycles. The Morgan fingerprint density at radius 3 is 2.31 bits per heavy atom. The highest BCUT2D eigenvalue weighted by Crippen LogP contribution is 2.50. The minimum absolute atomic E-state index is 0.106. The number of aliphatic hydroxyl groups excluding tert-OH is 1. The van der Waals surface area contributed by atoms with Crippen molar-refractivity contribution in [3.63, 3.8) is 0 Å². The molecule has 1 aromatic rings. The minimum Gasteiger partial charge on any atom is -0.507 e. The zero-order valence-electron chi connectivity index (χ0n) is 17.8. The van der Waals surface area contributed by atoms with Gasteiger partial charge in [-0.2, -0.15) is 0 Å². The number of hydrogen-bond donors (Lipinski definition) is 2. The van der Waals surface area contributed by atoms with E-state index in [0.717, 1.165) is 47.3 Å². The summed E-state index contributed by atoms with van der Waals surface area (Å²) in [5, 5.41) is 20.3. The predicted molar refractivity (Wildman–Crippen MR) is 108 cm³/mol. The van der Waals surface area contributed by atoms with Gasteiger partial charge in [-0.3, -0.25) is 0 Å². The fourth-order valence-electron chi connectivity index (χ4n) is 3.84. The van der Waals surface area contributed by atoms with Crippen molar-refractivity contribution < 1.29 is 14.9 Å². The molecular weight excluding hydrogens is 324 g/mol. The molecule has 0 radical (unpaired) electrons. The Hall–Kier alpha value is -1.48. The maximum Gasteiger partial charge on any atom is 0.124 e. The van der Waals surface area contributed by atoms with E-state index in [4.69, 9.17) is 9.84 Å². The topological polar surface area (TPSA) is 49.7 Å². The summed E-state index contributed by atoms with van der Waals surface area (Å²) in [5.41, 5.74) is 3.52. The van der Waals surface area contributed by atoms with Crippen LogP contribution in [-0.4, -0.2) is 22.4 Å². The van der Waals surface area contributed by atoms with Crippen LogP contribution in [0.1, 0.15) is 84.9 Å². The first-order valence-electron chi connectivity index (χ1n) is 9.64. The normalized spacial score (nSPS) is 20.9. The van der Waals surface area contributed by atoms with Crippen molar-refractivity contribution in [1.29, 1.82) is 0 Å². The number of hydrogen-bond acceptors (Lipinski definition) is 3. The van der Waals surface area contributed by atoms with Gasteiger partial charge >= 0.3 is 0 Å². The summed E-state index contributed by atoms with van der Waals surface area (Å²) in [6.45, 7) is 17.0. The molecule has 0 aliphatic carbocycles. The van der Waals surface area contributed by atoms with E-state index < -0.39 is 0 Å². The van der Waals surface area contributed by atoms with Gasteiger partial charge in [0.2, 0.25) is 0 Å². The lowest BCUT2D eigenvalue weighted by atomic mass is 9.76. The zero-order chi connectivity index (χ0) is 19.9. The van der Waals surface area contributed by atoms with E-state index in [1.54, 1.807) is 0 Å². The number of rotatable bonds is 4. The lowest BCUT2D eigenvalue weighted by Crippen LogP contribution is -2.30. The van der Waals surface area contributed by atoms with Gasteiger partial charge < -0.3 is 14.9 Å². The van der Waals surface area contributed by atoms with Crippen molar-refractivity contribution in [3.8, 4) is 11.5 Å². The molecule has 146 valence electrons. The highest BCUT2D eigenvalue weighted by Gasteiger charge is 2.40. The van der Waals surface area contributed by atoms with Crippen LogP contribution in [0.3, 0.4) is 0 Å². The molecule has 0 bridgehead atoms. The first-order chi connectivity index (χ1) is 11.8. The summed E-state index contributed by atoms with van der Waals surface area (Å²) < 4.78 is 6.43. The largest absolute Gasteiger partial charge is 0.507 e. The van der Waals surface area contributed by atoms with Crippen LogP contribution in [-0.2, 0) is 17.3 Å². The predicted octanol–water partition coefficient (Wildman–Crippen LogP) is 5.40. The molecule has 26 heavy (non-hydrogen) atoms. The second-order valence-electron chi connectivity index (χ2n) is 10.1. The van der Waals surface area contributed by atoms with Gasteiger partial charge in [-0.1, -0.05) is 53.2 Å². The van der Waals surface area contributed by atoms with Gasteiger partial charge in [-0.05, 0) is 43.6 Å². The van der Waals surface area contributed by atoms with E-state index >= 15 is 0 Å². The van der Waals surface area contributed by atoms with E-state index in [1.165, 1.54) is 0 Å². The molecule has 0 aromatic heterocycles. The molecule has 0 fully saturated rings. The van der Waals surface area contributed by atoms with Crippen LogP contribution < -0.4 is 4.74 Å². The van der Waals surface area contributed by atoms with E-state index in [9.17, 15) is 5.11 Å². The van der Waals surface area contributed by atoms with E-state index in [0.29, 0.717) is 5.75 Å². The number of benzene rings is 1. The van der Waals surface area contributed by atoms with Crippen molar-refractivity contribution in [2.24, 2.45) is 0 Å². The Balaban J connectivity index is 2.45. The van der Waals surface area contributed by atoms with E-state index in [2.05, 4.69) is 54.5 Å². The fourth-order valence-corrected chi connectivity index (χ4v) is 3.84. The highest BCUT2D eigenvalue weighted by molar-refractivity contribution is 5.59. The number of phenols is 1. The third-order valence-corrected chi connectivity index (χ3v) is 5.25. The summed E-state index contributed by atoms with van der Waals surface area (Å²) in [5.74, 6) is 1.34. The second kappa shape index (κ2) is 6.92. The van der Waals surface area contributed by atoms with Gasteiger partial charge in [0.25, 0.3) is 0 Å². The van der Waals surface area contributed by atoms with Gasteiger partial charge in [0, 0.05) is 23.1 Å². The Morgan fingerprint density at radius 1 is 1.19 bits per heavy atom. The van der Waals surface area contributed by atoms with Crippen LogP contribution in [0.15, 0.2) is 17.7 Å². The summed E-state index contributed by atoms with van der Waals surface area (Å²) in [6, 6.07) is 2.04. The maximum absolute atomic E-state index is 11.1. The van der Waals surface area contributed by atoms with E-state index in [-0.39, 0.29) is 23.0 Å². The van der Waals surface area contributed by atoms with Crippen molar-refractivity contribution in [1.82, 2.24) is 0 Å². The molecule has 0 saturated heterocycles. The van der Waals surface area contributed by atoms with Crippen LogP contribution in [0.25, 0.3) is 0 Å². The second-order valence-corrected chi connectivity index (χ2v) is 10.1. The SMILES string of the molecule is C/C(=C\CCC1(C)Cc2c(cc(C(C)(C)C)c(O)c2C(C)(C)C)O1)CO. The van der Waals surface area contributed by atoms with E-state index in [1.807, 2.05) is 13.0 Å². The first-order valence-corrected chi connectivity index (χ1v) is 9.64. The van der Waals surface area contributed by atoms with Crippen molar-refractivity contribution in [2.75, 3.05) is 6.61 Å². The van der Waals surface area contributed by atoms with Gasteiger partial charge in [-0.15, -0.1) is 0 Å². The van der Waals surface area contributed by atoms with Gasteiger partial charge in [0.05, 0.1) is 6.61 Å². The Kier molecular flexibility index (Phi) is 5.54. The van der Waals surface area contributed by atoms with Gasteiger partial charge in [0.1, 0.15) is 17.1 Å². The van der Waals surface area contributed by atoms with Crippen molar-refractivity contribution in [2.45, 2.75) is 91.1 Å². The van der Waals surface area contributed by atoms with Crippen molar-refractivity contribution in [3.05, 3.63) is 34.4 Å². The number of phenolic OH excluding ortho intramolecular Hbond substituents is 1. The van der Waals surface area contributed by atoms with Crippen LogP contribution >= 0.6 is 0 Å². The molecule has 0 saturated carbocycles. The fraction of sp³-hybridized carbons (Fsp3) is 0.652. The highest BCUT2D eigenvalue weighted by atomic mass is 16.5.